The topological polar surface area (TPSA) is 53.5 Å². The Bertz CT molecular complexity index is 739. The zero-order valence-electron chi connectivity index (χ0n) is 13.5. The lowest BCUT2D eigenvalue weighted by molar-refractivity contribution is -0.142. The van der Waals surface area contributed by atoms with Crippen LogP contribution in [0, 0.1) is 0 Å². The number of hydrogen-bond acceptors (Lipinski definition) is 3. The van der Waals surface area contributed by atoms with Crippen LogP contribution in [0.3, 0.4) is 0 Å². The van der Waals surface area contributed by atoms with Crippen LogP contribution in [0.25, 0.3) is 10.8 Å². The highest BCUT2D eigenvalue weighted by Gasteiger charge is 2.31. The molecule has 0 aliphatic carbocycles. The second kappa shape index (κ2) is 6.36. The monoisotopic (exact) mass is 311 g/mol. The first-order valence-corrected chi connectivity index (χ1v) is 7.94. The second-order valence-electron chi connectivity index (χ2n) is 6.07. The van der Waals surface area contributed by atoms with Crippen molar-refractivity contribution in [3.8, 4) is 0 Å². The number of nitrogens with zero attached hydrogens (tertiary/aromatic N) is 3. The molecular weight excluding hydrogens is 290 g/mol. The highest BCUT2D eigenvalue weighted by Crippen LogP contribution is 2.20. The third-order valence-corrected chi connectivity index (χ3v) is 4.49. The van der Waals surface area contributed by atoms with Crippen LogP contribution >= 0.6 is 0 Å². The average Bonchev–Trinajstić information content (AvgIpc) is 3.00. The molecule has 5 heteroatoms. The van der Waals surface area contributed by atoms with Gasteiger partial charge in [-0.15, -0.1) is 0 Å². The molecule has 2 aromatic rings. The highest BCUT2D eigenvalue weighted by atomic mass is 16.2. The Kier molecular flexibility index (Phi) is 4.28. The van der Waals surface area contributed by atoms with Gasteiger partial charge in [0.25, 0.3) is 0 Å². The van der Waals surface area contributed by atoms with Crippen molar-refractivity contribution in [1.82, 2.24) is 14.8 Å². The third kappa shape index (κ3) is 3.04. The van der Waals surface area contributed by atoms with Crippen molar-refractivity contribution in [2.75, 3.05) is 13.6 Å². The second-order valence-corrected chi connectivity index (χ2v) is 6.07. The zero-order chi connectivity index (χ0) is 16.4. The fraction of sp³-hybridized carbons (Fsp3) is 0.389. The Morgan fingerprint density at radius 1 is 1.39 bits per heavy atom. The van der Waals surface area contributed by atoms with E-state index in [4.69, 9.17) is 0 Å². The third-order valence-electron chi connectivity index (χ3n) is 4.49. The maximum Gasteiger partial charge on any atom is 0.245 e. The van der Waals surface area contributed by atoms with Crippen molar-refractivity contribution in [1.29, 1.82) is 0 Å². The minimum absolute atomic E-state index is 0.0219. The van der Waals surface area contributed by atoms with E-state index in [1.807, 2.05) is 37.4 Å². The predicted octanol–water partition coefficient (Wildman–Crippen LogP) is 2.20. The summed E-state index contributed by atoms with van der Waals surface area (Å²) in [5.74, 6) is 0.0572. The van der Waals surface area contributed by atoms with Gasteiger partial charge in [-0.1, -0.05) is 18.2 Å². The van der Waals surface area contributed by atoms with Gasteiger partial charge in [0.1, 0.15) is 6.04 Å². The molecule has 0 saturated carbocycles. The molecule has 0 bridgehead atoms. The van der Waals surface area contributed by atoms with E-state index in [-0.39, 0.29) is 11.8 Å². The normalized spacial score (nSPS) is 15.9. The Hall–Kier alpha value is -2.43. The Morgan fingerprint density at radius 2 is 2.22 bits per heavy atom. The molecule has 1 unspecified atom stereocenters. The number of aromatic nitrogens is 1. The Balaban J connectivity index is 1.76. The molecule has 1 atom stereocenters. The lowest BCUT2D eigenvalue weighted by Crippen LogP contribution is -2.46. The summed E-state index contributed by atoms with van der Waals surface area (Å²) in [6.45, 7) is 3.02. The maximum absolute atomic E-state index is 12.6. The number of likely N-dealkylation sites (tertiary alicyclic amines) is 1. The van der Waals surface area contributed by atoms with Crippen LogP contribution < -0.4 is 0 Å². The van der Waals surface area contributed by atoms with E-state index >= 15 is 0 Å². The minimum atomic E-state index is -0.397. The molecule has 5 nitrogen and oxygen atoms in total. The van der Waals surface area contributed by atoms with Gasteiger partial charge < -0.3 is 9.80 Å². The van der Waals surface area contributed by atoms with Crippen LogP contribution in [0.1, 0.15) is 25.3 Å². The molecule has 1 aliphatic rings. The molecule has 1 saturated heterocycles. The molecule has 0 radical (unpaired) electrons. The largest absolute Gasteiger partial charge is 0.340 e. The van der Waals surface area contributed by atoms with Gasteiger partial charge in [0.2, 0.25) is 11.8 Å². The molecular formula is C18H21N3O2. The highest BCUT2D eigenvalue weighted by molar-refractivity contribution is 5.89. The number of amides is 2. The summed E-state index contributed by atoms with van der Waals surface area (Å²) in [4.78, 5) is 32.0. The molecule has 0 spiro atoms. The van der Waals surface area contributed by atoms with Gasteiger partial charge in [-0.2, -0.15) is 0 Å². The fourth-order valence-electron chi connectivity index (χ4n) is 3.19. The van der Waals surface area contributed by atoms with Gasteiger partial charge >= 0.3 is 0 Å². The van der Waals surface area contributed by atoms with E-state index in [9.17, 15) is 9.59 Å². The molecule has 2 heterocycles. The molecule has 23 heavy (non-hydrogen) atoms. The summed E-state index contributed by atoms with van der Waals surface area (Å²) in [6, 6.07) is 7.59. The van der Waals surface area contributed by atoms with E-state index in [0.29, 0.717) is 19.5 Å². The van der Waals surface area contributed by atoms with E-state index in [0.717, 1.165) is 22.8 Å². The standard InChI is InChI=1S/C18H21N3O2/c1-13(21-10-4-7-17(21)22)18(23)20(2)12-15-6-3-5-14-11-19-9-8-16(14)15/h3,5-6,8-9,11,13H,4,7,10,12H2,1-2H3. The lowest BCUT2D eigenvalue weighted by atomic mass is 10.1. The smallest absolute Gasteiger partial charge is 0.245 e. The summed E-state index contributed by atoms with van der Waals surface area (Å²) in [5.41, 5.74) is 1.08. The van der Waals surface area contributed by atoms with Crippen molar-refractivity contribution in [2.24, 2.45) is 0 Å². The van der Waals surface area contributed by atoms with Crippen molar-refractivity contribution in [3.63, 3.8) is 0 Å². The number of rotatable bonds is 4. The molecule has 1 aromatic heterocycles. The minimum Gasteiger partial charge on any atom is -0.340 e. The van der Waals surface area contributed by atoms with Crippen LogP contribution in [-0.4, -0.2) is 46.2 Å². The van der Waals surface area contributed by atoms with Gasteiger partial charge in [0.15, 0.2) is 0 Å². The molecule has 0 N–H and O–H groups in total. The number of pyridine rings is 1. The first kappa shape index (κ1) is 15.5. The van der Waals surface area contributed by atoms with Gasteiger partial charge in [0.05, 0.1) is 0 Å². The van der Waals surface area contributed by atoms with Crippen LogP contribution in [0.4, 0.5) is 0 Å². The summed E-state index contributed by atoms with van der Waals surface area (Å²) >= 11 is 0. The molecule has 1 fully saturated rings. The van der Waals surface area contributed by atoms with Crippen molar-refractivity contribution in [3.05, 3.63) is 42.2 Å². The van der Waals surface area contributed by atoms with Crippen LogP contribution in [-0.2, 0) is 16.1 Å². The summed E-state index contributed by atoms with van der Waals surface area (Å²) in [5, 5.41) is 2.17. The quantitative estimate of drug-likeness (QED) is 0.870. The lowest BCUT2D eigenvalue weighted by Gasteiger charge is -2.28. The van der Waals surface area contributed by atoms with Crippen molar-refractivity contribution < 1.29 is 9.59 Å². The van der Waals surface area contributed by atoms with Gasteiger partial charge in [-0.05, 0) is 30.4 Å². The molecule has 2 amide bonds. The number of hydrogen-bond donors (Lipinski definition) is 0. The van der Waals surface area contributed by atoms with Crippen molar-refractivity contribution in [2.45, 2.75) is 32.4 Å². The van der Waals surface area contributed by atoms with Crippen molar-refractivity contribution >= 4 is 22.6 Å². The first-order valence-electron chi connectivity index (χ1n) is 7.94. The molecule has 3 rings (SSSR count). The van der Waals surface area contributed by atoms with Gasteiger partial charge in [-0.25, -0.2) is 0 Å². The molecule has 1 aromatic carbocycles. The van der Waals surface area contributed by atoms with Crippen LogP contribution in [0.15, 0.2) is 36.7 Å². The number of benzene rings is 1. The number of likely N-dealkylation sites (N-methyl/N-ethyl adjacent to an activating group) is 1. The number of fused-ring (bicyclic) bond motifs is 1. The molecule has 120 valence electrons. The van der Waals surface area contributed by atoms with Crippen LogP contribution in [0.5, 0.6) is 0 Å². The average molecular weight is 311 g/mol. The Labute approximate surface area is 135 Å². The summed E-state index contributed by atoms with van der Waals surface area (Å²) < 4.78 is 0. The first-order chi connectivity index (χ1) is 11.1. The van der Waals surface area contributed by atoms with Gasteiger partial charge in [-0.3, -0.25) is 14.6 Å². The van der Waals surface area contributed by atoms with E-state index in [1.54, 1.807) is 23.0 Å². The van der Waals surface area contributed by atoms with Crippen LogP contribution in [0.2, 0.25) is 0 Å². The molecule has 1 aliphatic heterocycles. The van der Waals surface area contributed by atoms with E-state index < -0.39 is 6.04 Å². The SMILES string of the molecule is CC(C(=O)N(C)Cc1cccc2cnccc12)N1CCCC1=O. The summed E-state index contributed by atoms with van der Waals surface area (Å²) in [7, 11) is 1.79. The fourth-order valence-corrected chi connectivity index (χ4v) is 3.19. The predicted molar refractivity (Wildman–Crippen MR) is 88.6 cm³/mol. The summed E-state index contributed by atoms with van der Waals surface area (Å²) in [6.07, 6.45) is 4.99. The van der Waals surface area contributed by atoms with Gasteiger partial charge in [0, 0.05) is 44.3 Å². The zero-order valence-corrected chi connectivity index (χ0v) is 13.5. The number of carbonyl (C=O) groups is 2. The van der Waals surface area contributed by atoms with E-state index in [1.165, 1.54) is 0 Å². The number of carbonyl (C=O) groups excluding carboxylic acids is 2. The maximum atomic E-state index is 12.6. The van der Waals surface area contributed by atoms with E-state index in [2.05, 4.69) is 4.98 Å². The Morgan fingerprint density at radius 3 is 2.96 bits per heavy atom.